The summed E-state index contributed by atoms with van der Waals surface area (Å²) in [6, 6.07) is 5.47. The van der Waals surface area contributed by atoms with Crippen molar-refractivity contribution >= 4 is 11.8 Å². The average Bonchev–Trinajstić information content (AvgIpc) is 2.74. The molecule has 0 saturated carbocycles. The minimum absolute atomic E-state index is 0.00682. The number of fused-ring (bicyclic) bond motifs is 4. The number of nitrogens with zero attached hydrogens (tertiary/aromatic N) is 1. The Morgan fingerprint density at radius 1 is 1.28 bits per heavy atom. The molecular formula is C25H36N2O5. The van der Waals surface area contributed by atoms with Gasteiger partial charge < -0.3 is 24.4 Å². The van der Waals surface area contributed by atoms with Gasteiger partial charge in [-0.25, -0.2) is 0 Å². The van der Waals surface area contributed by atoms with E-state index in [9.17, 15) is 9.59 Å². The molecule has 0 aromatic heterocycles. The van der Waals surface area contributed by atoms with E-state index in [0.29, 0.717) is 13.1 Å². The Bertz CT molecular complexity index is 883. The van der Waals surface area contributed by atoms with Gasteiger partial charge in [-0.2, -0.15) is 0 Å². The molecule has 7 nitrogen and oxygen atoms in total. The molecular weight excluding hydrogens is 408 g/mol. The van der Waals surface area contributed by atoms with Crippen LogP contribution in [0.3, 0.4) is 0 Å². The number of benzene rings is 1. The van der Waals surface area contributed by atoms with Crippen molar-refractivity contribution < 1.29 is 23.8 Å². The summed E-state index contributed by atoms with van der Waals surface area (Å²) in [5, 5.41) is 2.84. The Balaban J connectivity index is 1.53. The number of piperidine rings is 1. The van der Waals surface area contributed by atoms with Crippen molar-refractivity contribution in [2.75, 3.05) is 20.2 Å². The van der Waals surface area contributed by atoms with Gasteiger partial charge >= 0.3 is 0 Å². The first-order chi connectivity index (χ1) is 15.1. The molecule has 2 amide bonds. The molecule has 0 unspecified atom stereocenters. The van der Waals surface area contributed by atoms with Crippen molar-refractivity contribution in [2.24, 2.45) is 17.8 Å². The van der Waals surface area contributed by atoms with Gasteiger partial charge in [-0.1, -0.05) is 13.8 Å². The zero-order valence-electron chi connectivity index (χ0n) is 20.0. The smallest absolute Gasteiger partial charge is 0.245 e. The van der Waals surface area contributed by atoms with Crippen LogP contribution in [0.2, 0.25) is 0 Å². The summed E-state index contributed by atoms with van der Waals surface area (Å²) in [6.07, 6.45) is 1.83. The van der Waals surface area contributed by atoms with Crippen molar-refractivity contribution in [1.29, 1.82) is 0 Å². The summed E-state index contributed by atoms with van der Waals surface area (Å²) in [7, 11) is 1.66. The summed E-state index contributed by atoms with van der Waals surface area (Å²) in [5.41, 5.74) is 0.690. The van der Waals surface area contributed by atoms with Crippen LogP contribution in [0.5, 0.6) is 11.5 Å². The summed E-state index contributed by atoms with van der Waals surface area (Å²) >= 11 is 0. The van der Waals surface area contributed by atoms with E-state index < -0.39 is 11.6 Å². The van der Waals surface area contributed by atoms with E-state index in [0.717, 1.165) is 29.9 Å². The van der Waals surface area contributed by atoms with Gasteiger partial charge in [0.05, 0.1) is 19.3 Å². The van der Waals surface area contributed by atoms with Gasteiger partial charge in [-0.05, 0) is 44.7 Å². The third-order valence-corrected chi connectivity index (χ3v) is 7.30. The fourth-order valence-corrected chi connectivity index (χ4v) is 5.54. The number of nitrogens with one attached hydrogen (secondary N) is 1. The minimum atomic E-state index is -0.488. The molecule has 1 aromatic carbocycles. The second-order valence-electron chi connectivity index (χ2n) is 10.3. The van der Waals surface area contributed by atoms with Crippen LogP contribution >= 0.6 is 0 Å². The zero-order valence-corrected chi connectivity index (χ0v) is 20.0. The summed E-state index contributed by atoms with van der Waals surface area (Å²) in [5.74, 6) is 1.92. The monoisotopic (exact) mass is 444 g/mol. The van der Waals surface area contributed by atoms with Crippen LogP contribution in [0.25, 0.3) is 0 Å². The summed E-state index contributed by atoms with van der Waals surface area (Å²) < 4.78 is 18.5. The quantitative estimate of drug-likeness (QED) is 0.771. The van der Waals surface area contributed by atoms with E-state index in [-0.39, 0.29) is 41.8 Å². The van der Waals surface area contributed by atoms with Gasteiger partial charge in [-0.15, -0.1) is 0 Å². The number of carbonyl (C=O) groups is 2. The summed E-state index contributed by atoms with van der Waals surface area (Å²) in [6.45, 7) is 10.9. The fourth-order valence-electron chi connectivity index (χ4n) is 5.54. The Morgan fingerprint density at radius 2 is 2.03 bits per heavy atom. The number of hydrogen-bond acceptors (Lipinski definition) is 5. The lowest BCUT2D eigenvalue weighted by Gasteiger charge is -2.53. The third kappa shape index (κ3) is 4.19. The van der Waals surface area contributed by atoms with Gasteiger partial charge in [0.2, 0.25) is 11.8 Å². The molecule has 5 atom stereocenters. The molecule has 1 aromatic rings. The lowest BCUT2D eigenvalue weighted by molar-refractivity contribution is -0.189. The molecule has 176 valence electrons. The highest BCUT2D eigenvalue weighted by atomic mass is 16.5. The summed E-state index contributed by atoms with van der Waals surface area (Å²) in [4.78, 5) is 26.8. The molecule has 7 heteroatoms. The van der Waals surface area contributed by atoms with Gasteiger partial charge in [0, 0.05) is 43.5 Å². The van der Waals surface area contributed by atoms with E-state index in [2.05, 4.69) is 25.2 Å². The maximum Gasteiger partial charge on any atom is 0.245 e. The van der Waals surface area contributed by atoms with Crippen LogP contribution in [-0.4, -0.2) is 54.7 Å². The number of carbonyl (C=O) groups excluding carboxylic acids is 2. The predicted octanol–water partition coefficient (Wildman–Crippen LogP) is 3.32. The van der Waals surface area contributed by atoms with Crippen LogP contribution in [0.15, 0.2) is 18.2 Å². The van der Waals surface area contributed by atoms with Gasteiger partial charge in [-0.3, -0.25) is 9.59 Å². The number of amides is 2. The van der Waals surface area contributed by atoms with E-state index in [4.69, 9.17) is 14.2 Å². The number of likely N-dealkylation sites (tertiary alicyclic amines) is 1. The number of methoxy groups -OCH3 is 1. The van der Waals surface area contributed by atoms with Crippen molar-refractivity contribution in [2.45, 2.75) is 71.3 Å². The lowest BCUT2D eigenvalue weighted by atomic mass is 9.70. The van der Waals surface area contributed by atoms with Crippen molar-refractivity contribution in [1.82, 2.24) is 10.2 Å². The molecule has 3 heterocycles. The molecule has 0 radical (unpaired) electrons. The van der Waals surface area contributed by atoms with Gasteiger partial charge in [0.1, 0.15) is 23.1 Å². The Kier molecular flexibility index (Phi) is 6.14. The zero-order chi connectivity index (χ0) is 23.2. The highest BCUT2D eigenvalue weighted by molar-refractivity contribution is 5.87. The van der Waals surface area contributed by atoms with E-state index >= 15 is 0 Å². The fraction of sp³-hybridized carbons (Fsp3) is 0.680. The number of ether oxygens (including phenoxy) is 3. The molecule has 32 heavy (non-hydrogen) atoms. The molecule has 4 rings (SSSR count). The van der Waals surface area contributed by atoms with Crippen LogP contribution < -0.4 is 14.8 Å². The van der Waals surface area contributed by atoms with Crippen molar-refractivity contribution in [3.8, 4) is 11.5 Å². The average molecular weight is 445 g/mol. The largest absolute Gasteiger partial charge is 0.497 e. The molecule has 0 aliphatic carbocycles. The minimum Gasteiger partial charge on any atom is -0.497 e. The number of rotatable bonds is 4. The van der Waals surface area contributed by atoms with E-state index in [1.165, 1.54) is 6.92 Å². The lowest BCUT2D eigenvalue weighted by Crippen LogP contribution is -2.58. The van der Waals surface area contributed by atoms with Crippen LogP contribution in [0, 0.1) is 17.8 Å². The Labute approximate surface area is 190 Å². The SMILES string of the molecule is COc1ccc2c(c1)OC(C)(C)[C@H]1C[C@@H]3CN(C(=O)[C@@H](NC(C)=O)C(C)C)CC[C@@H]3O[C@H]21. The molecule has 0 bridgehead atoms. The highest BCUT2D eigenvalue weighted by Crippen LogP contribution is 2.53. The van der Waals surface area contributed by atoms with Crippen LogP contribution in [-0.2, 0) is 14.3 Å². The maximum atomic E-state index is 13.2. The second-order valence-corrected chi connectivity index (χ2v) is 10.3. The molecule has 2 saturated heterocycles. The predicted molar refractivity (Wildman–Crippen MR) is 121 cm³/mol. The Hall–Kier alpha value is -2.28. The molecule has 2 fully saturated rings. The van der Waals surface area contributed by atoms with Gasteiger partial charge in [0.25, 0.3) is 0 Å². The topological polar surface area (TPSA) is 77.1 Å². The van der Waals surface area contributed by atoms with E-state index in [1.54, 1.807) is 7.11 Å². The van der Waals surface area contributed by atoms with Crippen LogP contribution in [0.1, 0.15) is 59.1 Å². The normalized spacial score (nSPS) is 29.2. The maximum absolute atomic E-state index is 13.2. The molecule has 3 aliphatic heterocycles. The second kappa shape index (κ2) is 8.58. The number of hydrogen-bond donors (Lipinski definition) is 1. The first-order valence-corrected chi connectivity index (χ1v) is 11.7. The standard InChI is InChI=1S/C25H36N2O5/c1-14(2)22(26-15(3)28)24(29)27-10-9-20-16(13-27)11-19-23(31-20)18-8-7-17(30-6)12-21(18)32-25(19,4)5/h7-8,12,14,16,19-20,22-23H,9-11,13H2,1-6H3,(H,26,28)/t16-,19+,20+,22+,23-/m1/s1. The molecule has 3 aliphatic rings. The molecule has 1 N–H and O–H groups in total. The first kappa shape index (κ1) is 22.9. The van der Waals surface area contributed by atoms with Gasteiger partial charge in [0.15, 0.2) is 0 Å². The first-order valence-electron chi connectivity index (χ1n) is 11.7. The van der Waals surface area contributed by atoms with Crippen LogP contribution in [0.4, 0.5) is 0 Å². The highest BCUT2D eigenvalue weighted by Gasteiger charge is 2.52. The Morgan fingerprint density at radius 3 is 2.69 bits per heavy atom. The molecule has 0 spiro atoms. The van der Waals surface area contributed by atoms with E-state index in [1.807, 2.05) is 30.9 Å². The van der Waals surface area contributed by atoms with Crippen molar-refractivity contribution in [3.63, 3.8) is 0 Å². The third-order valence-electron chi connectivity index (χ3n) is 7.30. The van der Waals surface area contributed by atoms with Crippen molar-refractivity contribution in [3.05, 3.63) is 23.8 Å².